The molecule has 1 aliphatic heterocycles. The highest BCUT2D eigenvalue weighted by Crippen LogP contribution is 2.26. The Morgan fingerprint density at radius 2 is 1.85 bits per heavy atom. The van der Waals surface area contributed by atoms with E-state index in [4.69, 9.17) is 0 Å². The first-order valence-electron chi connectivity index (χ1n) is 7.39. The van der Waals surface area contributed by atoms with Crippen LogP contribution in [0, 0.1) is 10.1 Å². The van der Waals surface area contributed by atoms with Crippen molar-refractivity contribution in [3.8, 4) is 5.75 Å². The smallest absolute Gasteiger partial charge is 0.329 e. The van der Waals surface area contributed by atoms with Gasteiger partial charge in [-0.1, -0.05) is 40.2 Å². The van der Waals surface area contributed by atoms with Gasteiger partial charge in [0, 0.05) is 10.5 Å². The fourth-order valence-corrected chi connectivity index (χ4v) is 2.69. The van der Waals surface area contributed by atoms with E-state index in [0.717, 1.165) is 27.1 Å². The second kappa shape index (κ2) is 6.96. The normalized spacial score (nSPS) is 15.4. The van der Waals surface area contributed by atoms with Crippen LogP contribution in [0.15, 0.2) is 52.6 Å². The summed E-state index contributed by atoms with van der Waals surface area (Å²) in [4.78, 5) is 35.6. The number of hydrogen-bond acceptors (Lipinski definition) is 5. The second-order valence-corrected chi connectivity index (χ2v) is 6.41. The van der Waals surface area contributed by atoms with Gasteiger partial charge in [0.2, 0.25) is 0 Å². The zero-order valence-electron chi connectivity index (χ0n) is 13.1. The van der Waals surface area contributed by atoms with Gasteiger partial charge in [-0.2, -0.15) is 0 Å². The van der Waals surface area contributed by atoms with Crippen LogP contribution in [0.5, 0.6) is 5.75 Å². The fraction of sp³-hybridized carbons (Fsp3) is 0.0588. The molecular formula is C17H11BrN3O5-. The molecule has 1 aliphatic rings. The van der Waals surface area contributed by atoms with Crippen LogP contribution >= 0.6 is 15.9 Å². The summed E-state index contributed by atoms with van der Waals surface area (Å²) in [5.41, 5.74) is 0.428. The van der Waals surface area contributed by atoms with Crippen molar-refractivity contribution in [3.63, 3.8) is 0 Å². The molecule has 0 aliphatic carbocycles. The Morgan fingerprint density at radius 3 is 2.50 bits per heavy atom. The number of rotatable bonds is 4. The van der Waals surface area contributed by atoms with Crippen LogP contribution in [0.1, 0.15) is 11.1 Å². The van der Waals surface area contributed by atoms with E-state index in [-0.39, 0.29) is 17.8 Å². The molecule has 0 radical (unpaired) electrons. The summed E-state index contributed by atoms with van der Waals surface area (Å²) in [5.74, 6) is -1.28. The number of nitro groups is 1. The van der Waals surface area contributed by atoms with E-state index in [1.165, 1.54) is 12.1 Å². The lowest BCUT2D eigenvalue weighted by Gasteiger charge is -2.11. The van der Waals surface area contributed by atoms with Gasteiger partial charge in [0.05, 0.1) is 11.5 Å². The molecule has 3 rings (SSSR count). The molecular weight excluding hydrogens is 406 g/mol. The van der Waals surface area contributed by atoms with Crippen LogP contribution in [0.3, 0.4) is 0 Å². The summed E-state index contributed by atoms with van der Waals surface area (Å²) in [5, 5.41) is 24.7. The quantitative estimate of drug-likeness (QED) is 0.355. The summed E-state index contributed by atoms with van der Waals surface area (Å²) in [7, 11) is 0. The molecule has 1 fully saturated rings. The van der Waals surface area contributed by atoms with Crippen molar-refractivity contribution in [2.24, 2.45) is 0 Å². The Balaban J connectivity index is 1.84. The summed E-state index contributed by atoms with van der Waals surface area (Å²) in [6.07, 6.45) is 1.30. The predicted octanol–water partition coefficient (Wildman–Crippen LogP) is 2.52. The highest BCUT2D eigenvalue weighted by atomic mass is 79.9. The summed E-state index contributed by atoms with van der Waals surface area (Å²) < 4.78 is 0.877. The molecule has 0 spiro atoms. The van der Waals surface area contributed by atoms with E-state index in [9.17, 15) is 24.8 Å². The van der Waals surface area contributed by atoms with Gasteiger partial charge in [0.25, 0.3) is 11.6 Å². The molecule has 2 aromatic carbocycles. The molecule has 1 N–H and O–H groups in total. The van der Waals surface area contributed by atoms with E-state index < -0.39 is 28.3 Å². The maximum Gasteiger partial charge on any atom is 0.329 e. The Kier molecular flexibility index (Phi) is 4.72. The lowest BCUT2D eigenvalue weighted by molar-refractivity contribution is -0.398. The molecule has 0 bridgehead atoms. The van der Waals surface area contributed by atoms with E-state index in [2.05, 4.69) is 21.2 Å². The molecule has 2 aromatic rings. The van der Waals surface area contributed by atoms with Crippen molar-refractivity contribution < 1.29 is 19.6 Å². The SMILES string of the molecule is O=C1N/C(=C/c2ccc([O-])c([N+](=O)[O-])c2)C(=O)N1Cc1ccc(Br)cc1. The van der Waals surface area contributed by atoms with Crippen LogP contribution in [-0.4, -0.2) is 21.8 Å². The van der Waals surface area contributed by atoms with Crippen molar-refractivity contribution in [2.75, 3.05) is 0 Å². The predicted molar refractivity (Wildman–Crippen MR) is 93.7 cm³/mol. The number of carbonyl (C=O) groups excluding carboxylic acids is 2. The average Bonchev–Trinajstić information content (AvgIpc) is 2.85. The minimum Gasteiger partial charge on any atom is -0.868 e. The van der Waals surface area contributed by atoms with Crippen molar-refractivity contribution >= 4 is 39.6 Å². The molecule has 1 saturated heterocycles. The molecule has 26 heavy (non-hydrogen) atoms. The molecule has 0 atom stereocenters. The third-order valence-electron chi connectivity index (χ3n) is 3.71. The largest absolute Gasteiger partial charge is 0.868 e. The number of carbonyl (C=O) groups is 2. The van der Waals surface area contributed by atoms with Gasteiger partial charge < -0.3 is 10.4 Å². The van der Waals surface area contributed by atoms with E-state index in [1.54, 1.807) is 24.3 Å². The minimum absolute atomic E-state index is 0.0138. The van der Waals surface area contributed by atoms with Crippen molar-refractivity contribution in [1.82, 2.24) is 10.2 Å². The molecule has 3 amide bonds. The number of benzene rings is 2. The van der Waals surface area contributed by atoms with Gasteiger partial charge in [-0.15, -0.1) is 0 Å². The van der Waals surface area contributed by atoms with Crippen molar-refractivity contribution in [3.05, 3.63) is 73.9 Å². The van der Waals surface area contributed by atoms with Crippen LogP contribution in [0.2, 0.25) is 0 Å². The number of halogens is 1. The number of amides is 3. The summed E-state index contributed by atoms with van der Waals surface area (Å²) in [6, 6.07) is 10.0. The molecule has 132 valence electrons. The number of hydrogen-bond donors (Lipinski definition) is 1. The highest BCUT2D eigenvalue weighted by Gasteiger charge is 2.33. The van der Waals surface area contributed by atoms with Crippen LogP contribution in [-0.2, 0) is 11.3 Å². The number of urea groups is 1. The molecule has 8 nitrogen and oxygen atoms in total. The van der Waals surface area contributed by atoms with E-state index in [0.29, 0.717) is 0 Å². The Hall–Kier alpha value is -3.20. The van der Waals surface area contributed by atoms with Gasteiger partial charge in [0.15, 0.2) is 0 Å². The zero-order chi connectivity index (χ0) is 18.8. The maximum atomic E-state index is 12.4. The molecule has 0 saturated carbocycles. The van der Waals surface area contributed by atoms with Crippen molar-refractivity contribution in [1.29, 1.82) is 0 Å². The first kappa shape index (κ1) is 17.6. The van der Waals surface area contributed by atoms with Gasteiger partial charge >= 0.3 is 6.03 Å². The number of nitrogens with zero attached hydrogens (tertiary/aromatic N) is 2. The van der Waals surface area contributed by atoms with Gasteiger partial charge in [-0.05, 0) is 35.1 Å². The monoisotopic (exact) mass is 416 g/mol. The number of imide groups is 1. The number of nitro benzene ring substituents is 1. The molecule has 9 heteroatoms. The zero-order valence-corrected chi connectivity index (χ0v) is 14.7. The fourth-order valence-electron chi connectivity index (χ4n) is 2.42. The van der Waals surface area contributed by atoms with Crippen LogP contribution in [0.25, 0.3) is 6.08 Å². The Labute approximate surface area is 156 Å². The van der Waals surface area contributed by atoms with Crippen LogP contribution in [0.4, 0.5) is 10.5 Å². The molecule has 0 unspecified atom stereocenters. The third-order valence-corrected chi connectivity index (χ3v) is 4.24. The first-order valence-corrected chi connectivity index (χ1v) is 8.19. The summed E-state index contributed by atoms with van der Waals surface area (Å²) >= 11 is 3.31. The van der Waals surface area contributed by atoms with E-state index >= 15 is 0 Å². The Bertz CT molecular complexity index is 940. The van der Waals surface area contributed by atoms with Gasteiger partial charge in [0.1, 0.15) is 5.70 Å². The minimum atomic E-state index is -0.792. The Morgan fingerprint density at radius 1 is 1.15 bits per heavy atom. The van der Waals surface area contributed by atoms with E-state index in [1.807, 2.05) is 0 Å². The lowest BCUT2D eigenvalue weighted by atomic mass is 10.1. The highest BCUT2D eigenvalue weighted by molar-refractivity contribution is 9.10. The first-order chi connectivity index (χ1) is 12.3. The summed E-state index contributed by atoms with van der Waals surface area (Å²) in [6.45, 7) is 0.0922. The van der Waals surface area contributed by atoms with Gasteiger partial charge in [-0.3, -0.25) is 19.8 Å². The van der Waals surface area contributed by atoms with Crippen LogP contribution < -0.4 is 10.4 Å². The maximum absolute atomic E-state index is 12.4. The van der Waals surface area contributed by atoms with Gasteiger partial charge in [-0.25, -0.2) is 4.79 Å². The lowest BCUT2D eigenvalue weighted by Crippen LogP contribution is -2.30. The second-order valence-electron chi connectivity index (χ2n) is 5.49. The molecule has 0 aromatic heterocycles. The molecule has 1 heterocycles. The van der Waals surface area contributed by atoms with Crippen molar-refractivity contribution in [2.45, 2.75) is 6.54 Å². The standard InChI is InChI=1S/C17H12BrN3O5/c18-12-4-1-10(2-5-12)9-20-16(23)13(19-17(20)24)7-11-3-6-15(22)14(8-11)21(25)26/h1-8,22H,9H2,(H,19,24)/p-1/b13-7+. The average molecular weight is 417 g/mol. The third kappa shape index (κ3) is 3.57. The topological polar surface area (TPSA) is 116 Å². The number of nitrogens with one attached hydrogen (secondary N) is 1.